The molecule has 0 amide bonds. The van der Waals surface area contributed by atoms with Gasteiger partial charge < -0.3 is 4.84 Å². The fraction of sp³-hybridized carbons (Fsp3) is 0.0769. The maximum absolute atomic E-state index is 11.0. The van der Waals surface area contributed by atoms with Gasteiger partial charge in [-0.25, -0.2) is 4.79 Å². The molecule has 3 nitrogen and oxygen atoms in total. The van der Waals surface area contributed by atoms with Crippen molar-refractivity contribution in [3.63, 3.8) is 0 Å². The zero-order valence-corrected chi connectivity index (χ0v) is 8.51. The van der Waals surface area contributed by atoms with E-state index in [1.165, 1.54) is 5.39 Å². The molecule has 16 heavy (non-hydrogen) atoms. The molecule has 0 fully saturated rings. The Kier molecular flexibility index (Phi) is 1.96. The van der Waals surface area contributed by atoms with E-state index in [2.05, 4.69) is 16.1 Å². The summed E-state index contributed by atoms with van der Waals surface area (Å²) in [7, 11) is 0. The van der Waals surface area contributed by atoms with Crippen LogP contribution in [0, 0.1) is 0 Å². The highest BCUT2D eigenvalue weighted by molar-refractivity contribution is 6.12. The van der Waals surface area contributed by atoms with Crippen molar-refractivity contribution >= 4 is 22.5 Å². The molecule has 0 atom stereocenters. The van der Waals surface area contributed by atoms with E-state index in [0.717, 1.165) is 10.9 Å². The van der Waals surface area contributed by atoms with Crippen LogP contribution in [0.15, 0.2) is 47.6 Å². The number of benzene rings is 2. The number of hydrogen-bond donors (Lipinski definition) is 0. The second kappa shape index (κ2) is 3.45. The lowest BCUT2D eigenvalue weighted by Gasteiger charge is -2.01. The first kappa shape index (κ1) is 9.09. The molecule has 3 heteroatoms. The van der Waals surface area contributed by atoms with E-state index < -0.39 is 0 Å². The number of carbonyl (C=O) groups is 1. The number of hydrogen-bond acceptors (Lipinski definition) is 3. The van der Waals surface area contributed by atoms with Gasteiger partial charge in [0.1, 0.15) is 0 Å². The van der Waals surface area contributed by atoms with Crippen molar-refractivity contribution in [2.24, 2.45) is 5.16 Å². The van der Waals surface area contributed by atoms with Crippen molar-refractivity contribution in [2.45, 2.75) is 6.42 Å². The van der Waals surface area contributed by atoms with E-state index in [4.69, 9.17) is 0 Å². The fourth-order valence-corrected chi connectivity index (χ4v) is 1.83. The summed E-state index contributed by atoms with van der Waals surface area (Å²) in [6.45, 7) is 0. The second-order valence-corrected chi connectivity index (χ2v) is 3.74. The van der Waals surface area contributed by atoms with Crippen molar-refractivity contribution in [2.75, 3.05) is 0 Å². The molecule has 0 aromatic heterocycles. The van der Waals surface area contributed by atoms with Crippen LogP contribution < -0.4 is 0 Å². The van der Waals surface area contributed by atoms with Crippen molar-refractivity contribution in [3.05, 3.63) is 48.0 Å². The van der Waals surface area contributed by atoms with E-state index in [0.29, 0.717) is 5.71 Å². The summed E-state index contributed by atoms with van der Waals surface area (Å²) in [5.74, 6) is -0.289. The van der Waals surface area contributed by atoms with E-state index in [-0.39, 0.29) is 12.4 Å². The van der Waals surface area contributed by atoms with Gasteiger partial charge in [0.15, 0.2) is 0 Å². The van der Waals surface area contributed by atoms with Gasteiger partial charge in [0.2, 0.25) is 0 Å². The molecule has 0 saturated heterocycles. The Balaban J connectivity index is 2.09. The largest absolute Gasteiger partial charge is 0.341 e. The van der Waals surface area contributed by atoms with Gasteiger partial charge in [-0.3, -0.25) is 0 Å². The molecule has 0 N–H and O–H groups in total. The van der Waals surface area contributed by atoms with Gasteiger partial charge in [-0.2, -0.15) is 0 Å². The lowest BCUT2D eigenvalue weighted by molar-refractivity contribution is -0.140. The molecule has 0 aliphatic carbocycles. The highest BCUT2D eigenvalue weighted by Crippen LogP contribution is 2.19. The molecule has 2 aromatic carbocycles. The van der Waals surface area contributed by atoms with Gasteiger partial charge in [0, 0.05) is 5.56 Å². The van der Waals surface area contributed by atoms with Gasteiger partial charge in [-0.15, -0.1) is 0 Å². The summed E-state index contributed by atoms with van der Waals surface area (Å²) in [5.41, 5.74) is 1.65. The van der Waals surface area contributed by atoms with Gasteiger partial charge in [-0.05, 0) is 16.8 Å². The third-order valence-electron chi connectivity index (χ3n) is 2.65. The zero-order valence-electron chi connectivity index (χ0n) is 8.51. The number of nitrogens with zero attached hydrogens (tertiary/aromatic N) is 1. The van der Waals surface area contributed by atoms with Gasteiger partial charge in [0.05, 0.1) is 12.1 Å². The van der Waals surface area contributed by atoms with Crippen LogP contribution in [-0.2, 0) is 9.63 Å². The molecular formula is C13H9NO2. The quantitative estimate of drug-likeness (QED) is 0.680. The van der Waals surface area contributed by atoms with Crippen LogP contribution in [0.3, 0.4) is 0 Å². The van der Waals surface area contributed by atoms with E-state index in [1.54, 1.807) is 0 Å². The van der Waals surface area contributed by atoms with Crippen LogP contribution in [0.25, 0.3) is 10.8 Å². The Labute approximate surface area is 92.3 Å². The maximum atomic E-state index is 11.0. The maximum Gasteiger partial charge on any atom is 0.341 e. The van der Waals surface area contributed by atoms with Crippen molar-refractivity contribution in [3.8, 4) is 0 Å². The summed E-state index contributed by atoms with van der Waals surface area (Å²) >= 11 is 0. The smallest absolute Gasteiger partial charge is 0.318 e. The number of oxime groups is 1. The first-order valence-corrected chi connectivity index (χ1v) is 5.09. The Hall–Kier alpha value is -2.16. The zero-order chi connectivity index (χ0) is 11.0. The topological polar surface area (TPSA) is 38.7 Å². The van der Waals surface area contributed by atoms with Crippen LogP contribution in [0.4, 0.5) is 0 Å². The molecule has 0 radical (unpaired) electrons. The van der Waals surface area contributed by atoms with Crippen molar-refractivity contribution in [1.29, 1.82) is 0 Å². The Morgan fingerprint density at radius 2 is 1.88 bits per heavy atom. The van der Waals surface area contributed by atoms with Crippen LogP contribution in [0.1, 0.15) is 12.0 Å². The number of carbonyl (C=O) groups excluding carboxylic acids is 1. The first-order chi connectivity index (χ1) is 7.83. The van der Waals surface area contributed by atoms with Crippen molar-refractivity contribution < 1.29 is 9.63 Å². The SMILES string of the molecule is O=C1CC(c2ccc3ccccc3c2)=NO1. The first-order valence-electron chi connectivity index (χ1n) is 5.09. The molecule has 0 spiro atoms. The highest BCUT2D eigenvalue weighted by Gasteiger charge is 2.18. The molecule has 1 aliphatic heterocycles. The monoisotopic (exact) mass is 211 g/mol. The van der Waals surface area contributed by atoms with E-state index >= 15 is 0 Å². The molecule has 0 saturated carbocycles. The van der Waals surface area contributed by atoms with Crippen molar-refractivity contribution in [1.82, 2.24) is 0 Å². The molecule has 1 heterocycles. The van der Waals surface area contributed by atoms with Gasteiger partial charge in [-0.1, -0.05) is 41.6 Å². The average Bonchev–Trinajstić information content (AvgIpc) is 2.75. The lowest BCUT2D eigenvalue weighted by atomic mass is 10.0. The summed E-state index contributed by atoms with van der Waals surface area (Å²) in [6.07, 6.45) is 0.262. The minimum atomic E-state index is -0.289. The third kappa shape index (κ3) is 1.46. The standard InChI is InChI=1S/C13H9NO2/c15-13-8-12(14-16-13)11-6-5-9-3-1-2-4-10(9)7-11/h1-7H,8H2. The predicted molar refractivity (Wildman–Crippen MR) is 61.2 cm³/mol. The molecule has 0 bridgehead atoms. The fourth-order valence-electron chi connectivity index (χ4n) is 1.83. The molecule has 3 rings (SSSR count). The predicted octanol–water partition coefficient (Wildman–Crippen LogP) is 2.49. The minimum Gasteiger partial charge on any atom is -0.318 e. The van der Waals surface area contributed by atoms with Crippen LogP contribution in [0.5, 0.6) is 0 Å². The van der Waals surface area contributed by atoms with Crippen LogP contribution in [-0.4, -0.2) is 11.7 Å². The summed E-state index contributed by atoms with van der Waals surface area (Å²) in [5, 5.41) is 6.08. The summed E-state index contributed by atoms with van der Waals surface area (Å²) in [4.78, 5) is 15.5. The van der Waals surface area contributed by atoms with Crippen LogP contribution >= 0.6 is 0 Å². The number of rotatable bonds is 1. The van der Waals surface area contributed by atoms with Gasteiger partial charge >= 0.3 is 5.97 Å². The number of fused-ring (bicyclic) bond motifs is 1. The Bertz CT molecular complexity index is 602. The molecule has 78 valence electrons. The molecule has 1 aliphatic rings. The third-order valence-corrected chi connectivity index (χ3v) is 2.65. The Morgan fingerprint density at radius 3 is 2.62 bits per heavy atom. The normalized spacial score (nSPS) is 15.0. The molecule has 2 aromatic rings. The molecule has 0 unspecified atom stereocenters. The Morgan fingerprint density at radius 1 is 1.06 bits per heavy atom. The van der Waals surface area contributed by atoms with E-state index in [9.17, 15) is 4.79 Å². The highest BCUT2D eigenvalue weighted by atomic mass is 16.7. The lowest BCUT2D eigenvalue weighted by Crippen LogP contribution is -2.00. The van der Waals surface area contributed by atoms with Gasteiger partial charge in [0.25, 0.3) is 0 Å². The second-order valence-electron chi connectivity index (χ2n) is 3.74. The average molecular weight is 211 g/mol. The van der Waals surface area contributed by atoms with Crippen LogP contribution in [0.2, 0.25) is 0 Å². The molecular weight excluding hydrogens is 202 g/mol. The summed E-state index contributed by atoms with van der Waals surface area (Å²) in [6, 6.07) is 14.1. The van der Waals surface area contributed by atoms with E-state index in [1.807, 2.05) is 36.4 Å². The summed E-state index contributed by atoms with van der Waals surface area (Å²) < 4.78 is 0. The minimum absolute atomic E-state index is 0.262.